The Bertz CT molecular complexity index is 1180. The minimum atomic E-state index is -0.0505. The zero-order chi connectivity index (χ0) is 24.4. The van der Waals surface area contributed by atoms with Gasteiger partial charge in [0, 0.05) is 43.8 Å². The van der Waals surface area contributed by atoms with Crippen LogP contribution in [0.5, 0.6) is 5.75 Å². The van der Waals surface area contributed by atoms with E-state index in [9.17, 15) is 5.11 Å². The van der Waals surface area contributed by atoms with Gasteiger partial charge in [0.15, 0.2) is 5.11 Å². The lowest BCUT2D eigenvalue weighted by atomic mass is 9.96. The molecule has 8 heteroatoms. The number of pyridine rings is 1. The van der Waals surface area contributed by atoms with E-state index in [4.69, 9.17) is 17.0 Å². The maximum absolute atomic E-state index is 10.6. The minimum Gasteiger partial charge on any atom is -0.506 e. The van der Waals surface area contributed by atoms with Gasteiger partial charge in [-0.1, -0.05) is 18.2 Å². The summed E-state index contributed by atoms with van der Waals surface area (Å²) in [4.78, 5) is 9.46. The van der Waals surface area contributed by atoms with Crippen LogP contribution in [-0.4, -0.2) is 69.0 Å². The number of phenolic OH excluding ortho intramolecular Hbond substituents is 1. The van der Waals surface area contributed by atoms with Crippen molar-refractivity contribution in [2.75, 3.05) is 39.4 Å². The Morgan fingerprint density at radius 1 is 1.09 bits per heavy atom. The predicted octanol–water partition coefficient (Wildman–Crippen LogP) is 3.89. The number of hydrogen-bond acceptors (Lipinski definition) is 5. The van der Waals surface area contributed by atoms with E-state index in [0.717, 1.165) is 73.7 Å². The highest BCUT2D eigenvalue weighted by Gasteiger charge is 2.41. The fourth-order valence-corrected chi connectivity index (χ4v) is 5.72. The lowest BCUT2D eigenvalue weighted by Gasteiger charge is -2.30. The molecule has 1 aromatic carbocycles. The molecule has 4 heterocycles. The van der Waals surface area contributed by atoms with Crippen molar-refractivity contribution in [3.8, 4) is 11.4 Å². The molecular weight excluding hydrogens is 458 g/mol. The van der Waals surface area contributed by atoms with Crippen molar-refractivity contribution in [1.29, 1.82) is 0 Å². The number of aryl methyl sites for hydroxylation is 1. The van der Waals surface area contributed by atoms with Crippen molar-refractivity contribution in [1.82, 2.24) is 24.7 Å². The van der Waals surface area contributed by atoms with Gasteiger partial charge in [-0.25, -0.2) is 0 Å². The molecule has 0 bridgehead atoms. The Balaban J connectivity index is 1.48. The molecule has 2 saturated heterocycles. The van der Waals surface area contributed by atoms with Crippen LogP contribution < -0.4 is 5.32 Å². The predicted molar refractivity (Wildman–Crippen MR) is 141 cm³/mol. The molecule has 184 valence electrons. The summed E-state index contributed by atoms with van der Waals surface area (Å²) >= 11 is 5.87. The number of aromatic hydroxyl groups is 1. The first-order valence-electron chi connectivity index (χ1n) is 12.3. The Morgan fingerprint density at radius 3 is 2.60 bits per heavy atom. The average Bonchev–Trinajstić information content (AvgIpc) is 3.35. The van der Waals surface area contributed by atoms with Crippen LogP contribution in [0, 0.1) is 13.8 Å². The zero-order valence-corrected chi connectivity index (χ0v) is 21.2. The van der Waals surface area contributed by atoms with Crippen LogP contribution in [-0.2, 0) is 4.74 Å². The molecule has 5 rings (SSSR count). The maximum atomic E-state index is 10.6. The number of ether oxygens (including phenoxy) is 1. The number of thiocarbonyl (C=S) groups is 1. The van der Waals surface area contributed by atoms with Crippen LogP contribution in [0.15, 0.2) is 54.7 Å². The third-order valence-electron chi connectivity index (χ3n) is 7.09. The molecule has 2 fully saturated rings. The molecule has 0 unspecified atom stereocenters. The summed E-state index contributed by atoms with van der Waals surface area (Å²) in [6.07, 6.45) is 2.86. The summed E-state index contributed by atoms with van der Waals surface area (Å²) < 4.78 is 7.63. The van der Waals surface area contributed by atoms with E-state index in [-0.39, 0.29) is 17.8 Å². The number of aromatic nitrogens is 2. The van der Waals surface area contributed by atoms with E-state index in [2.05, 4.69) is 50.6 Å². The summed E-state index contributed by atoms with van der Waals surface area (Å²) in [7, 11) is 0. The molecule has 0 amide bonds. The number of para-hydroxylation sites is 2. The van der Waals surface area contributed by atoms with E-state index in [1.165, 1.54) is 5.56 Å². The highest BCUT2D eigenvalue weighted by molar-refractivity contribution is 7.80. The van der Waals surface area contributed by atoms with Crippen LogP contribution in [0.2, 0.25) is 0 Å². The number of nitrogens with zero attached hydrogens (tertiary/aromatic N) is 4. The fourth-order valence-electron chi connectivity index (χ4n) is 5.39. The molecule has 7 nitrogen and oxygen atoms in total. The molecule has 3 aromatic rings. The lowest BCUT2D eigenvalue weighted by Crippen LogP contribution is -2.39. The molecule has 0 saturated carbocycles. The van der Waals surface area contributed by atoms with Gasteiger partial charge in [0.2, 0.25) is 0 Å². The molecule has 0 spiro atoms. The summed E-state index contributed by atoms with van der Waals surface area (Å²) in [5.41, 5.74) is 5.13. The van der Waals surface area contributed by atoms with Gasteiger partial charge in [0.25, 0.3) is 0 Å². The summed E-state index contributed by atoms with van der Waals surface area (Å²) in [6.45, 7) is 9.70. The van der Waals surface area contributed by atoms with E-state index in [1.54, 1.807) is 6.07 Å². The van der Waals surface area contributed by atoms with Crippen LogP contribution >= 0.6 is 12.2 Å². The highest BCUT2D eigenvalue weighted by Crippen LogP contribution is 2.42. The van der Waals surface area contributed by atoms with Crippen molar-refractivity contribution >= 4 is 17.3 Å². The zero-order valence-electron chi connectivity index (χ0n) is 20.4. The minimum absolute atomic E-state index is 0.00731. The maximum Gasteiger partial charge on any atom is 0.170 e. The quantitative estimate of drug-likeness (QED) is 0.486. The highest BCUT2D eigenvalue weighted by atomic mass is 32.1. The number of hydrogen-bond donors (Lipinski definition) is 2. The smallest absolute Gasteiger partial charge is 0.170 e. The normalized spacial score (nSPS) is 20.9. The van der Waals surface area contributed by atoms with Crippen molar-refractivity contribution in [2.24, 2.45) is 0 Å². The molecule has 2 aliphatic heterocycles. The van der Waals surface area contributed by atoms with E-state index < -0.39 is 0 Å². The molecule has 2 atom stereocenters. The average molecular weight is 492 g/mol. The van der Waals surface area contributed by atoms with Gasteiger partial charge in [0.1, 0.15) is 5.75 Å². The van der Waals surface area contributed by atoms with Crippen molar-refractivity contribution in [2.45, 2.75) is 32.4 Å². The van der Waals surface area contributed by atoms with Gasteiger partial charge in [-0.05, 0) is 68.4 Å². The van der Waals surface area contributed by atoms with Crippen molar-refractivity contribution < 1.29 is 9.84 Å². The van der Waals surface area contributed by atoms with Crippen molar-refractivity contribution in [3.05, 3.63) is 77.4 Å². The van der Waals surface area contributed by atoms with Gasteiger partial charge >= 0.3 is 0 Å². The summed E-state index contributed by atoms with van der Waals surface area (Å²) in [6, 6.07) is 15.7. The molecule has 0 radical (unpaired) electrons. The van der Waals surface area contributed by atoms with Gasteiger partial charge < -0.3 is 24.6 Å². The molecule has 2 aliphatic rings. The Morgan fingerprint density at radius 2 is 1.86 bits per heavy atom. The monoisotopic (exact) mass is 491 g/mol. The van der Waals surface area contributed by atoms with Gasteiger partial charge in [-0.15, -0.1) is 0 Å². The molecule has 2 aromatic heterocycles. The lowest BCUT2D eigenvalue weighted by molar-refractivity contribution is 0.0365. The first kappa shape index (κ1) is 23.8. The number of phenols is 1. The fraction of sp³-hybridized carbons (Fsp3) is 0.407. The van der Waals surface area contributed by atoms with Crippen LogP contribution in [0.25, 0.3) is 5.69 Å². The Kier molecular flexibility index (Phi) is 7.04. The topological polar surface area (TPSA) is 65.8 Å². The molecule has 2 N–H and O–H groups in total. The van der Waals surface area contributed by atoms with Crippen LogP contribution in [0.1, 0.15) is 41.1 Å². The number of nitrogens with one attached hydrogen (secondary N) is 1. The number of morpholine rings is 1. The largest absolute Gasteiger partial charge is 0.506 e. The number of benzene rings is 1. The third kappa shape index (κ3) is 4.78. The van der Waals surface area contributed by atoms with E-state index in [0.29, 0.717) is 0 Å². The summed E-state index contributed by atoms with van der Waals surface area (Å²) in [5.74, 6) is 0.268. The SMILES string of the molecule is Cc1cc([C@H]2[C@@H](c3ccccn3)NC(=S)N2CCCN2CCOCC2)c(C)n1-c1ccccc1O. The Hall–Kier alpha value is -2.94. The second-order valence-corrected chi connectivity index (χ2v) is 9.66. The van der Waals surface area contributed by atoms with Crippen molar-refractivity contribution in [3.63, 3.8) is 0 Å². The van der Waals surface area contributed by atoms with E-state index in [1.807, 2.05) is 36.5 Å². The van der Waals surface area contributed by atoms with Gasteiger partial charge in [0.05, 0.1) is 36.7 Å². The Labute approximate surface area is 212 Å². The third-order valence-corrected chi connectivity index (χ3v) is 7.44. The van der Waals surface area contributed by atoms with E-state index >= 15 is 0 Å². The summed E-state index contributed by atoms with van der Waals surface area (Å²) in [5, 5.41) is 14.9. The van der Waals surface area contributed by atoms with Gasteiger partial charge in [-0.2, -0.15) is 0 Å². The molecule has 0 aliphatic carbocycles. The van der Waals surface area contributed by atoms with Crippen LogP contribution in [0.4, 0.5) is 0 Å². The molecular formula is C27H33N5O2S. The second kappa shape index (κ2) is 10.4. The second-order valence-electron chi connectivity index (χ2n) is 9.28. The number of rotatable bonds is 7. The molecule has 35 heavy (non-hydrogen) atoms. The first-order chi connectivity index (χ1) is 17.0. The first-order valence-corrected chi connectivity index (χ1v) is 12.7. The van der Waals surface area contributed by atoms with Gasteiger partial charge in [-0.3, -0.25) is 9.88 Å². The standard InChI is InChI=1S/C27H33N5O2S/c1-19-18-21(20(2)32(19)23-9-3-4-10-24(23)33)26-25(22-8-5-6-11-28-22)29-27(35)31(26)13-7-12-30-14-16-34-17-15-30/h3-6,8-11,18,25-26,33H,7,12-17H2,1-2H3,(H,29,35)/t25-,26+/m1/s1. The van der Waals surface area contributed by atoms with Crippen LogP contribution in [0.3, 0.4) is 0 Å².